The van der Waals surface area contributed by atoms with Crippen LogP contribution in [-0.4, -0.2) is 15.8 Å². The van der Waals surface area contributed by atoms with Crippen molar-refractivity contribution >= 4 is 11.6 Å². The van der Waals surface area contributed by atoms with Crippen molar-refractivity contribution in [2.75, 3.05) is 0 Å². The zero-order valence-electron chi connectivity index (χ0n) is 14.4. The summed E-state index contributed by atoms with van der Waals surface area (Å²) in [7, 11) is 0. The van der Waals surface area contributed by atoms with E-state index in [1.54, 1.807) is 19.1 Å². The number of nitrogens with one attached hydrogen (secondary N) is 1. The molecule has 8 nitrogen and oxygen atoms in total. The van der Waals surface area contributed by atoms with Gasteiger partial charge < -0.3 is 15.5 Å². The van der Waals surface area contributed by atoms with E-state index in [0.717, 1.165) is 5.56 Å². The normalized spacial score (nSPS) is 13.5. The van der Waals surface area contributed by atoms with Crippen molar-refractivity contribution in [2.24, 2.45) is 11.7 Å². The molecular formula is C17H22N4O4. The van der Waals surface area contributed by atoms with Gasteiger partial charge in [0.1, 0.15) is 6.26 Å². The van der Waals surface area contributed by atoms with E-state index in [9.17, 15) is 14.9 Å². The Morgan fingerprint density at radius 3 is 2.52 bits per heavy atom. The fourth-order valence-corrected chi connectivity index (χ4v) is 2.41. The summed E-state index contributed by atoms with van der Waals surface area (Å²) < 4.78 is 5.31. The SMILES string of the molecule is CC(C)CC(N)c1nc(C(=O)NC(C)c2ccc([N+](=O)[O-])cc2)co1. The first-order valence-corrected chi connectivity index (χ1v) is 8.04. The van der Waals surface area contributed by atoms with Crippen molar-refractivity contribution < 1.29 is 14.1 Å². The second kappa shape index (κ2) is 7.89. The van der Waals surface area contributed by atoms with Crippen LogP contribution in [0, 0.1) is 16.0 Å². The average Bonchev–Trinajstić information content (AvgIpc) is 3.04. The van der Waals surface area contributed by atoms with Gasteiger partial charge >= 0.3 is 0 Å². The highest BCUT2D eigenvalue weighted by atomic mass is 16.6. The molecule has 1 aromatic carbocycles. The van der Waals surface area contributed by atoms with Crippen LogP contribution in [0.3, 0.4) is 0 Å². The molecule has 1 heterocycles. The molecule has 2 unspecified atom stereocenters. The number of hydrogen-bond donors (Lipinski definition) is 2. The number of benzene rings is 1. The zero-order chi connectivity index (χ0) is 18.6. The van der Waals surface area contributed by atoms with Crippen LogP contribution in [0.2, 0.25) is 0 Å². The van der Waals surface area contributed by atoms with Gasteiger partial charge in [-0.2, -0.15) is 0 Å². The third-order valence-corrected chi connectivity index (χ3v) is 3.75. The lowest BCUT2D eigenvalue weighted by atomic mass is 10.0. The predicted molar refractivity (Wildman–Crippen MR) is 91.9 cm³/mol. The fraction of sp³-hybridized carbons (Fsp3) is 0.412. The molecule has 0 aliphatic heterocycles. The Hall–Kier alpha value is -2.74. The van der Waals surface area contributed by atoms with E-state index < -0.39 is 10.8 Å². The molecule has 0 bridgehead atoms. The first-order chi connectivity index (χ1) is 11.8. The number of carbonyl (C=O) groups excluding carboxylic acids is 1. The van der Waals surface area contributed by atoms with Crippen LogP contribution in [-0.2, 0) is 0 Å². The van der Waals surface area contributed by atoms with E-state index in [1.165, 1.54) is 18.4 Å². The molecule has 134 valence electrons. The van der Waals surface area contributed by atoms with Crippen LogP contribution in [0.1, 0.15) is 61.2 Å². The largest absolute Gasteiger partial charge is 0.446 e. The van der Waals surface area contributed by atoms with Gasteiger partial charge in [0.05, 0.1) is 17.0 Å². The molecule has 2 rings (SSSR count). The Kier molecular flexibility index (Phi) is 5.87. The molecule has 0 saturated carbocycles. The molecule has 2 aromatic rings. The van der Waals surface area contributed by atoms with E-state index in [-0.39, 0.29) is 23.5 Å². The summed E-state index contributed by atoms with van der Waals surface area (Å²) in [5.74, 6) is 0.334. The number of carbonyl (C=O) groups is 1. The molecule has 0 radical (unpaired) electrons. The van der Waals surface area contributed by atoms with Gasteiger partial charge in [-0.3, -0.25) is 14.9 Å². The molecule has 3 N–H and O–H groups in total. The lowest BCUT2D eigenvalue weighted by Crippen LogP contribution is -2.27. The minimum atomic E-state index is -0.468. The second-order valence-electron chi connectivity index (χ2n) is 6.35. The van der Waals surface area contributed by atoms with Crippen LogP contribution in [0.15, 0.2) is 34.9 Å². The monoisotopic (exact) mass is 346 g/mol. The molecule has 25 heavy (non-hydrogen) atoms. The van der Waals surface area contributed by atoms with Gasteiger partial charge in [0, 0.05) is 12.1 Å². The number of non-ortho nitro benzene ring substituents is 1. The number of nitro groups is 1. The van der Waals surface area contributed by atoms with Gasteiger partial charge in [-0.15, -0.1) is 0 Å². The summed E-state index contributed by atoms with van der Waals surface area (Å²) in [5.41, 5.74) is 6.90. The number of nitrogens with two attached hydrogens (primary N) is 1. The Morgan fingerprint density at radius 2 is 1.96 bits per heavy atom. The van der Waals surface area contributed by atoms with Crippen molar-refractivity contribution in [2.45, 2.75) is 39.3 Å². The van der Waals surface area contributed by atoms with E-state index in [4.69, 9.17) is 10.2 Å². The molecule has 2 atom stereocenters. The minimum absolute atomic E-state index is 0.00237. The van der Waals surface area contributed by atoms with Crippen LogP contribution in [0.5, 0.6) is 0 Å². The molecule has 8 heteroatoms. The summed E-state index contributed by atoms with van der Waals surface area (Å²) in [5, 5.41) is 13.5. The lowest BCUT2D eigenvalue weighted by Gasteiger charge is -2.13. The summed E-state index contributed by atoms with van der Waals surface area (Å²) in [6.07, 6.45) is 1.99. The lowest BCUT2D eigenvalue weighted by molar-refractivity contribution is -0.384. The van der Waals surface area contributed by atoms with Crippen LogP contribution in [0.4, 0.5) is 5.69 Å². The molecule has 0 fully saturated rings. The summed E-state index contributed by atoms with van der Waals surface area (Å²) in [6.45, 7) is 5.87. The Bertz CT molecular complexity index is 739. The van der Waals surface area contributed by atoms with Gasteiger partial charge in [-0.25, -0.2) is 4.98 Å². The smallest absolute Gasteiger partial charge is 0.273 e. The van der Waals surface area contributed by atoms with Crippen molar-refractivity contribution in [3.63, 3.8) is 0 Å². The van der Waals surface area contributed by atoms with Crippen molar-refractivity contribution in [3.05, 3.63) is 57.8 Å². The second-order valence-corrected chi connectivity index (χ2v) is 6.35. The molecule has 0 aliphatic rings. The minimum Gasteiger partial charge on any atom is -0.446 e. The zero-order valence-corrected chi connectivity index (χ0v) is 14.4. The highest BCUT2D eigenvalue weighted by molar-refractivity contribution is 5.92. The summed E-state index contributed by atoms with van der Waals surface area (Å²) in [6, 6.07) is 5.33. The fourth-order valence-electron chi connectivity index (χ4n) is 2.41. The van der Waals surface area contributed by atoms with Crippen molar-refractivity contribution in [1.29, 1.82) is 0 Å². The highest BCUT2D eigenvalue weighted by Crippen LogP contribution is 2.20. The number of rotatable bonds is 7. The van der Waals surface area contributed by atoms with Crippen LogP contribution >= 0.6 is 0 Å². The summed E-state index contributed by atoms with van der Waals surface area (Å²) in [4.78, 5) is 26.6. The number of nitrogens with zero attached hydrogens (tertiary/aromatic N) is 2. The molecular weight excluding hydrogens is 324 g/mol. The van der Waals surface area contributed by atoms with Crippen LogP contribution in [0.25, 0.3) is 0 Å². The molecule has 0 saturated heterocycles. The average molecular weight is 346 g/mol. The Morgan fingerprint density at radius 1 is 1.32 bits per heavy atom. The quantitative estimate of drug-likeness (QED) is 0.586. The van der Waals surface area contributed by atoms with Gasteiger partial charge in [-0.1, -0.05) is 26.0 Å². The van der Waals surface area contributed by atoms with Gasteiger partial charge in [0.2, 0.25) is 5.89 Å². The first kappa shape index (κ1) is 18.6. The highest BCUT2D eigenvalue weighted by Gasteiger charge is 2.19. The van der Waals surface area contributed by atoms with Crippen molar-refractivity contribution in [3.8, 4) is 0 Å². The standard InChI is InChI=1S/C17H22N4O4/c1-10(2)8-14(18)17-20-15(9-25-17)16(22)19-11(3)12-4-6-13(7-5-12)21(23)24/h4-7,9-11,14H,8,18H2,1-3H3,(H,19,22). The third-order valence-electron chi connectivity index (χ3n) is 3.75. The maximum atomic E-state index is 12.3. The van der Waals surface area contributed by atoms with E-state index in [0.29, 0.717) is 18.2 Å². The number of amides is 1. The molecule has 0 aliphatic carbocycles. The number of hydrogen-bond acceptors (Lipinski definition) is 6. The number of oxazole rings is 1. The Labute approximate surface area is 145 Å². The van der Waals surface area contributed by atoms with Gasteiger partial charge in [0.15, 0.2) is 5.69 Å². The number of aromatic nitrogens is 1. The maximum absolute atomic E-state index is 12.3. The van der Waals surface area contributed by atoms with Gasteiger partial charge in [-0.05, 0) is 24.8 Å². The van der Waals surface area contributed by atoms with E-state index >= 15 is 0 Å². The van der Waals surface area contributed by atoms with Gasteiger partial charge in [0.25, 0.3) is 11.6 Å². The topological polar surface area (TPSA) is 124 Å². The van der Waals surface area contributed by atoms with E-state index in [1.807, 2.05) is 13.8 Å². The first-order valence-electron chi connectivity index (χ1n) is 8.04. The van der Waals surface area contributed by atoms with Crippen molar-refractivity contribution in [1.82, 2.24) is 10.3 Å². The maximum Gasteiger partial charge on any atom is 0.273 e. The van der Waals surface area contributed by atoms with Crippen LogP contribution < -0.4 is 11.1 Å². The third kappa shape index (κ3) is 4.87. The Balaban J connectivity index is 2.01. The molecule has 0 spiro atoms. The number of nitro benzene ring substituents is 1. The molecule has 1 amide bonds. The molecule has 1 aromatic heterocycles. The predicted octanol–water partition coefficient (Wildman–Crippen LogP) is 3.12. The summed E-state index contributed by atoms with van der Waals surface area (Å²) >= 11 is 0. The van der Waals surface area contributed by atoms with E-state index in [2.05, 4.69) is 10.3 Å².